The van der Waals surface area contributed by atoms with Gasteiger partial charge >= 0.3 is 0 Å². The number of aryl methyl sites for hydroxylation is 1. The standard InChI is InChI=1S/C21H26FNO4/c1-14(16-8-6-7-9-17(16)22)23(2)19(24)13-11-15-10-12-18(25-3)21(27-5)20(15)26-4/h6-10,12,14H,11,13H2,1-5H3. The van der Waals surface area contributed by atoms with Gasteiger partial charge in [-0.1, -0.05) is 24.3 Å². The van der Waals surface area contributed by atoms with E-state index in [1.807, 2.05) is 13.0 Å². The van der Waals surface area contributed by atoms with Crippen LogP contribution in [0.5, 0.6) is 17.2 Å². The predicted molar refractivity (Wildman–Crippen MR) is 102 cm³/mol. The van der Waals surface area contributed by atoms with E-state index < -0.39 is 0 Å². The summed E-state index contributed by atoms with van der Waals surface area (Å²) < 4.78 is 30.1. The summed E-state index contributed by atoms with van der Waals surface area (Å²) >= 11 is 0. The van der Waals surface area contributed by atoms with Crippen molar-refractivity contribution in [1.29, 1.82) is 0 Å². The zero-order chi connectivity index (χ0) is 20.0. The number of halogens is 1. The third-order valence-corrected chi connectivity index (χ3v) is 4.72. The highest BCUT2D eigenvalue weighted by Gasteiger charge is 2.21. The van der Waals surface area contributed by atoms with Gasteiger partial charge in [-0.15, -0.1) is 0 Å². The maximum Gasteiger partial charge on any atom is 0.223 e. The van der Waals surface area contributed by atoms with Crippen molar-refractivity contribution in [3.63, 3.8) is 0 Å². The molecule has 0 heterocycles. The van der Waals surface area contributed by atoms with Crippen molar-refractivity contribution in [2.24, 2.45) is 0 Å². The van der Waals surface area contributed by atoms with Crippen LogP contribution in [0.1, 0.15) is 30.5 Å². The molecule has 2 rings (SSSR count). The number of amides is 1. The molecule has 2 aromatic rings. The van der Waals surface area contributed by atoms with Gasteiger partial charge in [-0.05, 0) is 31.0 Å². The van der Waals surface area contributed by atoms with Crippen molar-refractivity contribution in [3.8, 4) is 17.2 Å². The molecule has 0 N–H and O–H groups in total. The van der Waals surface area contributed by atoms with Crippen molar-refractivity contribution in [1.82, 2.24) is 4.90 Å². The molecule has 2 aromatic carbocycles. The monoisotopic (exact) mass is 375 g/mol. The van der Waals surface area contributed by atoms with Crippen LogP contribution < -0.4 is 14.2 Å². The van der Waals surface area contributed by atoms with Crippen molar-refractivity contribution >= 4 is 5.91 Å². The van der Waals surface area contributed by atoms with Gasteiger partial charge in [0.25, 0.3) is 0 Å². The molecule has 0 aliphatic rings. The lowest BCUT2D eigenvalue weighted by Gasteiger charge is -2.26. The van der Waals surface area contributed by atoms with Crippen LogP contribution >= 0.6 is 0 Å². The van der Waals surface area contributed by atoms with Crippen molar-refractivity contribution < 1.29 is 23.4 Å². The minimum absolute atomic E-state index is 0.0809. The molecule has 0 aromatic heterocycles. The number of ether oxygens (including phenoxy) is 3. The topological polar surface area (TPSA) is 48.0 Å². The summed E-state index contributed by atoms with van der Waals surface area (Å²) in [4.78, 5) is 14.2. The average molecular weight is 375 g/mol. The third kappa shape index (κ3) is 4.51. The molecule has 0 aliphatic carbocycles. The summed E-state index contributed by atoms with van der Waals surface area (Å²) in [7, 11) is 6.33. The molecule has 5 nitrogen and oxygen atoms in total. The Balaban J connectivity index is 2.12. The quantitative estimate of drug-likeness (QED) is 0.700. The van der Waals surface area contributed by atoms with Crippen LogP contribution in [0.25, 0.3) is 0 Å². The predicted octanol–water partition coefficient (Wildman–Crippen LogP) is 4.00. The van der Waals surface area contributed by atoms with Crippen LogP contribution in [0.4, 0.5) is 4.39 Å². The molecular formula is C21H26FNO4. The van der Waals surface area contributed by atoms with Gasteiger partial charge < -0.3 is 19.1 Å². The first-order chi connectivity index (χ1) is 12.9. The molecule has 27 heavy (non-hydrogen) atoms. The largest absolute Gasteiger partial charge is 0.493 e. The second kappa shape index (κ2) is 9.26. The van der Waals surface area contributed by atoms with E-state index in [4.69, 9.17) is 14.2 Å². The van der Waals surface area contributed by atoms with E-state index >= 15 is 0 Å². The summed E-state index contributed by atoms with van der Waals surface area (Å²) in [6.07, 6.45) is 0.734. The molecule has 0 saturated carbocycles. The minimum Gasteiger partial charge on any atom is -0.493 e. The molecule has 0 spiro atoms. The lowest BCUT2D eigenvalue weighted by atomic mass is 10.0. The Hall–Kier alpha value is -2.76. The lowest BCUT2D eigenvalue weighted by molar-refractivity contribution is -0.131. The Kier molecular flexibility index (Phi) is 7.05. The van der Waals surface area contributed by atoms with Crippen LogP contribution in [0.2, 0.25) is 0 Å². The van der Waals surface area contributed by atoms with Gasteiger partial charge in [-0.2, -0.15) is 0 Å². The highest BCUT2D eigenvalue weighted by molar-refractivity contribution is 5.77. The molecule has 1 atom stereocenters. The molecule has 0 fully saturated rings. The molecule has 1 unspecified atom stereocenters. The molecule has 146 valence electrons. The summed E-state index contributed by atoms with van der Waals surface area (Å²) in [5.74, 6) is 1.22. The first kappa shape index (κ1) is 20.6. The van der Waals surface area contributed by atoms with Crippen LogP contribution in [0.15, 0.2) is 36.4 Å². The van der Waals surface area contributed by atoms with Crippen LogP contribution in [-0.4, -0.2) is 39.2 Å². The van der Waals surface area contributed by atoms with Crippen LogP contribution in [0, 0.1) is 5.82 Å². The van der Waals surface area contributed by atoms with E-state index in [9.17, 15) is 9.18 Å². The third-order valence-electron chi connectivity index (χ3n) is 4.72. The second-order valence-electron chi connectivity index (χ2n) is 6.20. The fourth-order valence-electron chi connectivity index (χ4n) is 3.02. The van der Waals surface area contributed by atoms with Crippen LogP contribution in [0.3, 0.4) is 0 Å². The Morgan fingerprint density at radius 1 is 1.04 bits per heavy atom. The van der Waals surface area contributed by atoms with E-state index in [-0.39, 0.29) is 24.2 Å². The summed E-state index contributed by atoms with van der Waals surface area (Å²) in [5, 5.41) is 0. The summed E-state index contributed by atoms with van der Waals surface area (Å²) in [6, 6.07) is 9.78. The average Bonchev–Trinajstić information content (AvgIpc) is 2.70. The molecule has 0 bridgehead atoms. The number of methoxy groups -OCH3 is 3. The highest BCUT2D eigenvalue weighted by Crippen LogP contribution is 2.40. The van der Waals surface area contributed by atoms with Gasteiger partial charge in [0.1, 0.15) is 5.82 Å². The summed E-state index contributed by atoms with van der Waals surface area (Å²) in [5.41, 5.74) is 1.34. The normalized spacial score (nSPS) is 11.6. The number of hydrogen-bond donors (Lipinski definition) is 0. The van der Waals surface area contributed by atoms with E-state index in [0.717, 1.165) is 5.56 Å². The number of hydrogen-bond acceptors (Lipinski definition) is 4. The second-order valence-corrected chi connectivity index (χ2v) is 6.20. The van der Waals surface area contributed by atoms with Gasteiger partial charge in [0, 0.05) is 19.0 Å². The van der Waals surface area contributed by atoms with E-state index in [1.54, 1.807) is 57.5 Å². The smallest absolute Gasteiger partial charge is 0.223 e. The number of nitrogens with zero attached hydrogens (tertiary/aromatic N) is 1. The highest BCUT2D eigenvalue weighted by atomic mass is 19.1. The fourth-order valence-corrected chi connectivity index (χ4v) is 3.02. The Bertz CT molecular complexity index is 794. The Morgan fingerprint density at radius 3 is 2.30 bits per heavy atom. The van der Waals surface area contributed by atoms with Crippen molar-refractivity contribution in [2.45, 2.75) is 25.8 Å². The number of carbonyl (C=O) groups excluding carboxylic acids is 1. The first-order valence-electron chi connectivity index (χ1n) is 8.72. The molecule has 0 aliphatic heterocycles. The SMILES string of the molecule is COc1ccc(CCC(=O)N(C)C(C)c2ccccc2F)c(OC)c1OC. The molecule has 0 radical (unpaired) electrons. The maximum absolute atomic E-state index is 14.0. The fraction of sp³-hybridized carbons (Fsp3) is 0.381. The Morgan fingerprint density at radius 2 is 1.70 bits per heavy atom. The number of rotatable bonds is 8. The number of benzene rings is 2. The van der Waals surface area contributed by atoms with E-state index in [2.05, 4.69) is 0 Å². The molecular weight excluding hydrogens is 349 g/mol. The zero-order valence-electron chi connectivity index (χ0n) is 16.4. The minimum atomic E-state index is -0.356. The number of carbonyl (C=O) groups is 1. The van der Waals surface area contributed by atoms with Crippen molar-refractivity contribution in [3.05, 3.63) is 53.3 Å². The van der Waals surface area contributed by atoms with Gasteiger partial charge in [-0.25, -0.2) is 4.39 Å². The Labute approximate surface area is 159 Å². The van der Waals surface area contributed by atoms with Crippen molar-refractivity contribution in [2.75, 3.05) is 28.4 Å². The van der Waals surface area contributed by atoms with E-state index in [1.165, 1.54) is 6.07 Å². The van der Waals surface area contributed by atoms with E-state index in [0.29, 0.717) is 29.2 Å². The maximum atomic E-state index is 14.0. The van der Waals surface area contributed by atoms with Gasteiger partial charge in [0.15, 0.2) is 11.5 Å². The molecule has 1 amide bonds. The molecule has 6 heteroatoms. The first-order valence-corrected chi connectivity index (χ1v) is 8.72. The van der Waals surface area contributed by atoms with Gasteiger partial charge in [0.05, 0.1) is 27.4 Å². The summed E-state index contributed by atoms with van der Waals surface area (Å²) in [6.45, 7) is 1.81. The van der Waals surface area contributed by atoms with Gasteiger partial charge in [0.2, 0.25) is 11.7 Å². The molecule has 0 saturated heterocycles. The van der Waals surface area contributed by atoms with Crippen LogP contribution in [-0.2, 0) is 11.2 Å². The van der Waals surface area contributed by atoms with Gasteiger partial charge in [-0.3, -0.25) is 4.79 Å². The zero-order valence-corrected chi connectivity index (χ0v) is 16.4. The lowest BCUT2D eigenvalue weighted by Crippen LogP contribution is -2.30.